The molecule has 310 valence electrons. The predicted octanol–water partition coefficient (Wildman–Crippen LogP) is 17.6. The number of rotatable bonds is 9. The van der Waals surface area contributed by atoms with Crippen LogP contribution in [-0.2, 0) is 0 Å². The maximum atomic E-state index is 6.62. The molecule has 0 aliphatic carbocycles. The van der Waals surface area contributed by atoms with Crippen molar-refractivity contribution in [2.75, 3.05) is 4.90 Å². The smallest absolute Gasteiger partial charge is 0.227 e. The number of oxazole rings is 1. The van der Waals surface area contributed by atoms with E-state index in [0.29, 0.717) is 5.89 Å². The van der Waals surface area contributed by atoms with Crippen molar-refractivity contribution in [3.63, 3.8) is 0 Å². The number of para-hydroxylation sites is 1. The van der Waals surface area contributed by atoms with Gasteiger partial charge in [-0.15, -0.1) is 0 Å². The average molecular weight is 843 g/mol. The molecule has 3 nitrogen and oxygen atoms in total. The first-order valence-electron chi connectivity index (χ1n) is 22.4. The van der Waals surface area contributed by atoms with E-state index in [1.54, 1.807) is 0 Å². The van der Waals surface area contributed by atoms with Crippen LogP contribution < -0.4 is 4.90 Å². The molecule has 0 saturated carbocycles. The summed E-state index contributed by atoms with van der Waals surface area (Å²) in [6.07, 6.45) is 0. The summed E-state index contributed by atoms with van der Waals surface area (Å²) in [4.78, 5) is 7.34. The van der Waals surface area contributed by atoms with Crippen molar-refractivity contribution in [1.29, 1.82) is 0 Å². The summed E-state index contributed by atoms with van der Waals surface area (Å²) in [5.74, 6) is 0.620. The molecule has 1 heterocycles. The van der Waals surface area contributed by atoms with Crippen LogP contribution in [0.3, 0.4) is 0 Å². The Labute approximate surface area is 384 Å². The SMILES string of the molecule is c1ccc(-c2ccc(N(c3ccc(-c4ccc(-c5cccc6ccc7c(ccc8nc(-c9cccc(-c%10ccccc%10)c9)oc87)c56)cc4)cc3)c3ccccc3-c3ccccc3)cc2)cc1. The maximum absolute atomic E-state index is 6.62. The zero-order valence-electron chi connectivity index (χ0n) is 36.1. The lowest BCUT2D eigenvalue weighted by Gasteiger charge is -2.28. The quantitative estimate of drug-likeness (QED) is 0.136. The fourth-order valence-electron chi connectivity index (χ4n) is 9.44. The fraction of sp³-hybridized carbons (Fsp3) is 0. The third-order valence-electron chi connectivity index (χ3n) is 12.7. The van der Waals surface area contributed by atoms with Crippen LogP contribution in [-0.4, -0.2) is 4.98 Å². The summed E-state index contributed by atoms with van der Waals surface area (Å²) in [5, 5.41) is 4.58. The Morgan fingerprint density at radius 2 is 0.788 bits per heavy atom. The van der Waals surface area contributed by atoms with Gasteiger partial charge in [-0.05, 0) is 121 Å². The first-order chi connectivity index (χ1) is 32.7. The maximum Gasteiger partial charge on any atom is 0.227 e. The Morgan fingerprint density at radius 1 is 0.318 bits per heavy atom. The molecular weight excluding hydrogens is 801 g/mol. The van der Waals surface area contributed by atoms with E-state index in [2.05, 4.69) is 254 Å². The lowest BCUT2D eigenvalue weighted by Crippen LogP contribution is -2.11. The van der Waals surface area contributed by atoms with E-state index in [0.717, 1.165) is 72.3 Å². The summed E-state index contributed by atoms with van der Waals surface area (Å²) in [5.41, 5.74) is 17.6. The summed E-state index contributed by atoms with van der Waals surface area (Å²) < 4.78 is 6.62. The molecule has 0 spiro atoms. The van der Waals surface area contributed by atoms with Crippen molar-refractivity contribution in [2.24, 2.45) is 0 Å². The van der Waals surface area contributed by atoms with Crippen LogP contribution >= 0.6 is 0 Å². The fourth-order valence-corrected chi connectivity index (χ4v) is 9.44. The van der Waals surface area contributed by atoms with Gasteiger partial charge in [-0.1, -0.05) is 200 Å². The molecule has 11 aromatic carbocycles. The van der Waals surface area contributed by atoms with E-state index in [1.165, 1.54) is 38.6 Å². The molecule has 1 aromatic heterocycles. The number of benzene rings is 11. The highest BCUT2D eigenvalue weighted by atomic mass is 16.3. The molecule has 0 bridgehead atoms. The number of hydrogen-bond donors (Lipinski definition) is 0. The van der Waals surface area contributed by atoms with E-state index in [-0.39, 0.29) is 0 Å². The molecule has 0 saturated heterocycles. The van der Waals surface area contributed by atoms with E-state index in [9.17, 15) is 0 Å². The van der Waals surface area contributed by atoms with Crippen molar-refractivity contribution in [2.45, 2.75) is 0 Å². The van der Waals surface area contributed by atoms with E-state index < -0.39 is 0 Å². The Hall–Kier alpha value is -8.79. The van der Waals surface area contributed by atoms with Crippen molar-refractivity contribution >= 4 is 49.7 Å². The third kappa shape index (κ3) is 7.19. The molecule has 12 rings (SSSR count). The molecule has 0 radical (unpaired) electrons. The summed E-state index contributed by atoms with van der Waals surface area (Å²) in [6, 6.07) is 90.8. The van der Waals surface area contributed by atoms with Crippen LogP contribution in [0.5, 0.6) is 0 Å². The minimum Gasteiger partial charge on any atom is -0.435 e. The van der Waals surface area contributed by atoms with Gasteiger partial charge in [0.25, 0.3) is 0 Å². The van der Waals surface area contributed by atoms with Crippen molar-refractivity contribution in [3.05, 3.63) is 255 Å². The third-order valence-corrected chi connectivity index (χ3v) is 12.7. The Balaban J connectivity index is 0.878. The predicted molar refractivity (Wildman–Crippen MR) is 276 cm³/mol. The van der Waals surface area contributed by atoms with Gasteiger partial charge < -0.3 is 9.32 Å². The number of fused-ring (bicyclic) bond motifs is 5. The molecule has 12 aromatic rings. The van der Waals surface area contributed by atoms with Gasteiger partial charge in [-0.25, -0.2) is 4.98 Å². The normalized spacial score (nSPS) is 11.3. The lowest BCUT2D eigenvalue weighted by molar-refractivity contribution is 0.623. The molecule has 0 aliphatic rings. The highest BCUT2D eigenvalue weighted by Gasteiger charge is 2.19. The summed E-state index contributed by atoms with van der Waals surface area (Å²) in [7, 11) is 0. The Morgan fingerprint density at radius 3 is 1.45 bits per heavy atom. The molecule has 0 unspecified atom stereocenters. The Bertz CT molecular complexity index is 3650. The van der Waals surface area contributed by atoms with Gasteiger partial charge >= 0.3 is 0 Å². The van der Waals surface area contributed by atoms with Crippen LogP contribution in [0.25, 0.3) is 99.7 Å². The van der Waals surface area contributed by atoms with Crippen molar-refractivity contribution < 1.29 is 4.42 Å². The van der Waals surface area contributed by atoms with E-state index in [4.69, 9.17) is 9.40 Å². The van der Waals surface area contributed by atoms with Gasteiger partial charge in [-0.2, -0.15) is 0 Å². The molecule has 66 heavy (non-hydrogen) atoms. The minimum atomic E-state index is 0.620. The van der Waals surface area contributed by atoms with Crippen LogP contribution in [0, 0.1) is 0 Å². The molecule has 0 fully saturated rings. The molecular formula is C63H42N2O. The topological polar surface area (TPSA) is 29.3 Å². The van der Waals surface area contributed by atoms with Gasteiger partial charge in [-0.3, -0.25) is 0 Å². The second kappa shape index (κ2) is 16.7. The van der Waals surface area contributed by atoms with Gasteiger partial charge in [0, 0.05) is 27.9 Å². The highest BCUT2D eigenvalue weighted by molar-refractivity contribution is 6.19. The first-order valence-corrected chi connectivity index (χ1v) is 22.4. The first kappa shape index (κ1) is 38.9. The number of hydrogen-bond acceptors (Lipinski definition) is 3. The highest BCUT2D eigenvalue weighted by Crippen LogP contribution is 2.43. The lowest BCUT2D eigenvalue weighted by atomic mass is 9.92. The number of aromatic nitrogens is 1. The standard InChI is InChI=1S/C63H42N2O/c1-4-14-43(15-5-1)46-30-35-53(36-31-46)65(60-25-11-10-23-55(60)48-18-8-3-9-19-48)54-37-32-47(33-38-54)45-26-28-49(29-27-45)56-24-13-20-50-34-39-58-57(61(50)56)40-41-59-62(58)66-63(64-59)52-22-12-21-51(42-52)44-16-6-2-7-17-44/h1-42H. The van der Waals surface area contributed by atoms with Crippen molar-refractivity contribution in [3.8, 4) is 67.1 Å². The van der Waals surface area contributed by atoms with Crippen LogP contribution in [0.15, 0.2) is 259 Å². The molecule has 3 heteroatoms. The van der Waals surface area contributed by atoms with Crippen molar-refractivity contribution in [1.82, 2.24) is 4.98 Å². The molecule has 0 atom stereocenters. The van der Waals surface area contributed by atoms with Gasteiger partial charge in [0.1, 0.15) is 5.52 Å². The van der Waals surface area contributed by atoms with Crippen LogP contribution in [0.1, 0.15) is 0 Å². The number of anilines is 3. The van der Waals surface area contributed by atoms with E-state index in [1.807, 2.05) is 6.07 Å². The van der Waals surface area contributed by atoms with Gasteiger partial charge in [0.05, 0.1) is 5.69 Å². The number of nitrogens with zero attached hydrogens (tertiary/aromatic N) is 2. The summed E-state index contributed by atoms with van der Waals surface area (Å²) in [6.45, 7) is 0. The second-order valence-corrected chi connectivity index (χ2v) is 16.7. The summed E-state index contributed by atoms with van der Waals surface area (Å²) >= 11 is 0. The minimum absolute atomic E-state index is 0.620. The molecule has 0 amide bonds. The second-order valence-electron chi connectivity index (χ2n) is 16.7. The average Bonchev–Trinajstić information content (AvgIpc) is 3.85. The van der Waals surface area contributed by atoms with Crippen LogP contribution in [0.4, 0.5) is 17.1 Å². The van der Waals surface area contributed by atoms with Crippen LogP contribution in [0.2, 0.25) is 0 Å². The van der Waals surface area contributed by atoms with E-state index >= 15 is 0 Å². The molecule has 0 N–H and O–H groups in total. The zero-order valence-corrected chi connectivity index (χ0v) is 36.1. The molecule has 0 aliphatic heterocycles. The monoisotopic (exact) mass is 842 g/mol. The Kier molecular flexibility index (Phi) is 9.85. The van der Waals surface area contributed by atoms with Gasteiger partial charge in [0.15, 0.2) is 5.58 Å². The zero-order chi connectivity index (χ0) is 43.8. The largest absolute Gasteiger partial charge is 0.435 e. The van der Waals surface area contributed by atoms with Gasteiger partial charge in [0.2, 0.25) is 5.89 Å².